The molecule has 4 saturated carbocycles. The van der Waals surface area contributed by atoms with Gasteiger partial charge in [0.15, 0.2) is 0 Å². The van der Waals surface area contributed by atoms with Crippen molar-refractivity contribution in [2.45, 2.75) is 83.8 Å². The van der Waals surface area contributed by atoms with Crippen LogP contribution in [0.3, 0.4) is 0 Å². The molecule has 23 heavy (non-hydrogen) atoms. The Morgan fingerprint density at radius 3 is 2.39 bits per heavy atom. The molecule has 0 saturated heterocycles. The molecule has 3 nitrogen and oxygen atoms in total. The van der Waals surface area contributed by atoms with Gasteiger partial charge in [0, 0.05) is 0 Å². The van der Waals surface area contributed by atoms with E-state index in [-0.39, 0.29) is 29.0 Å². The van der Waals surface area contributed by atoms with Crippen molar-refractivity contribution < 1.29 is 15.3 Å². The van der Waals surface area contributed by atoms with E-state index in [2.05, 4.69) is 20.8 Å². The number of rotatable bonds is 1. The lowest BCUT2D eigenvalue weighted by atomic mass is 9.41. The Kier molecular flexibility index (Phi) is 3.37. The molecular weight excluding hydrogens is 288 g/mol. The van der Waals surface area contributed by atoms with E-state index < -0.39 is 5.60 Å². The quantitative estimate of drug-likeness (QED) is 0.695. The summed E-state index contributed by atoms with van der Waals surface area (Å²) in [6, 6.07) is 0. The van der Waals surface area contributed by atoms with Crippen LogP contribution in [0.25, 0.3) is 0 Å². The van der Waals surface area contributed by atoms with Crippen molar-refractivity contribution in [2.24, 2.45) is 34.0 Å². The first-order chi connectivity index (χ1) is 10.7. The van der Waals surface area contributed by atoms with Gasteiger partial charge in [-0.15, -0.1) is 0 Å². The minimum Gasteiger partial charge on any atom is -0.393 e. The molecule has 1 spiro atoms. The summed E-state index contributed by atoms with van der Waals surface area (Å²) >= 11 is 0. The summed E-state index contributed by atoms with van der Waals surface area (Å²) in [4.78, 5) is 0. The highest BCUT2D eigenvalue weighted by Crippen LogP contribution is 2.72. The van der Waals surface area contributed by atoms with E-state index in [1.54, 1.807) is 0 Å². The fraction of sp³-hybridized carbons (Fsp3) is 1.00. The second kappa shape index (κ2) is 4.74. The second-order valence-corrected chi connectivity index (χ2v) is 10.3. The van der Waals surface area contributed by atoms with Crippen LogP contribution in [0.2, 0.25) is 0 Å². The molecule has 0 aromatic heterocycles. The highest BCUT2D eigenvalue weighted by molar-refractivity contribution is 5.17. The van der Waals surface area contributed by atoms with Crippen LogP contribution in [0.4, 0.5) is 0 Å². The first kappa shape index (κ1) is 16.4. The molecule has 4 aliphatic rings. The largest absolute Gasteiger partial charge is 0.393 e. The van der Waals surface area contributed by atoms with E-state index in [9.17, 15) is 15.3 Å². The van der Waals surface area contributed by atoms with Gasteiger partial charge in [-0.3, -0.25) is 0 Å². The molecule has 0 radical (unpaired) electrons. The minimum atomic E-state index is -0.832. The lowest BCUT2D eigenvalue weighted by Crippen LogP contribution is -2.59. The standard InChI is InChI=1S/C20H34O3/c1-17(2)14-6-9-19-10-13(20(23,11-19)12-21)4-5-15(19)18(14,3)8-7-16(17)22/h13-16,21-23H,4-12H2,1-3H3/t13?,14-,15+,16-,18-,19+,20-/m1/s1. The average molecular weight is 322 g/mol. The van der Waals surface area contributed by atoms with Crippen LogP contribution in [0, 0.1) is 34.0 Å². The lowest BCUT2D eigenvalue weighted by Gasteiger charge is -2.64. The Morgan fingerprint density at radius 2 is 1.70 bits per heavy atom. The number of hydrogen-bond donors (Lipinski definition) is 3. The summed E-state index contributed by atoms with van der Waals surface area (Å²) in [6.07, 6.45) is 8.39. The molecule has 0 aliphatic heterocycles. The van der Waals surface area contributed by atoms with Crippen molar-refractivity contribution in [3.63, 3.8) is 0 Å². The Morgan fingerprint density at radius 1 is 0.957 bits per heavy atom. The molecule has 3 heteroatoms. The van der Waals surface area contributed by atoms with E-state index in [0.717, 1.165) is 32.1 Å². The number of aliphatic hydroxyl groups excluding tert-OH is 2. The van der Waals surface area contributed by atoms with Crippen LogP contribution in [0.15, 0.2) is 0 Å². The van der Waals surface area contributed by atoms with E-state index in [0.29, 0.717) is 17.8 Å². The van der Waals surface area contributed by atoms with Crippen molar-refractivity contribution in [2.75, 3.05) is 6.61 Å². The monoisotopic (exact) mass is 322 g/mol. The van der Waals surface area contributed by atoms with Gasteiger partial charge in [-0.05, 0) is 85.4 Å². The first-order valence-electron chi connectivity index (χ1n) is 9.69. The van der Waals surface area contributed by atoms with Crippen molar-refractivity contribution in [3.05, 3.63) is 0 Å². The smallest absolute Gasteiger partial charge is 0.0910 e. The van der Waals surface area contributed by atoms with Gasteiger partial charge >= 0.3 is 0 Å². The summed E-state index contributed by atoms with van der Waals surface area (Å²) in [5, 5.41) is 31.3. The van der Waals surface area contributed by atoms with Crippen molar-refractivity contribution in [1.82, 2.24) is 0 Å². The van der Waals surface area contributed by atoms with Gasteiger partial charge in [0.05, 0.1) is 18.3 Å². The molecule has 0 aromatic carbocycles. The molecule has 0 amide bonds. The molecule has 4 fully saturated rings. The van der Waals surface area contributed by atoms with E-state index >= 15 is 0 Å². The molecule has 7 atom stereocenters. The van der Waals surface area contributed by atoms with Crippen molar-refractivity contribution >= 4 is 0 Å². The Balaban J connectivity index is 1.72. The first-order valence-corrected chi connectivity index (χ1v) is 9.69. The summed E-state index contributed by atoms with van der Waals surface area (Å²) in [7, 11) is 0. The van der Waals surface area contributed by atoms with E-state index in [4.69, 9.17) is 0 Å². The zero-order valence-corrected chi connectivity index (χ0v) is 15.0. The molecule has 132 valence electrons. The predicted octanol–water partition coefficient (Wildman–Crippen LogP) is 3.11. The van der Waals surface area contributed by atoms with Gasteiger partial charge in [-0.25, -0.2) is 0 Å². The topological polar surface area (TPSA) is 60.7 Å². The van der Waals surface area contributed by atoms with Crippen LogP contribution >= 0.6 is 0 Å². The van der Waals surface area contributed by atoms with Crippen molar-refractivity contribution in [1.29, 1.82) is 0 Å². The molecule has 4 rings (SSSR count). The van der Waals surface area contributed by atoms with Gasteiger partial charge in [-0.1, -0.05) is 20.8 Å². The number of aliphatic hydroxyl groups is 3. The van der Waals surface area contributed by atoms with Crippen LogP contribution in [-0.4, -0.2) is 33.6 Å². The molecular formula is C20H34O3. The average Bonchev–Trinajstić information content (AvgIpc) is 2.70. The fourth-order valence-electron chi connectivity index (χ4n) is 8.02. The molecule has 1 unspecified atom stereocenters. The van der Waals surface area contributed by atoms with Crippen LogP contribution in [0.5, 0.6) is 0 Å². The molecule has 0 heterocycles. The predicted molar refractivity (Wildman–Crippen MR) is 89.8 cm³/mol. The van der Waals surface area contributed by atoms with Gasteiger partial charge in [-0.2, -0.15) is 0 Å². The van der Waals surface area contributed by atoms with Crippen molar-refractivity contribution in [3.8, 4) is 0 Å². The van der Waals surface area contributed by atoms with E-state index in [1.165, 1.54) is 19.3 Å². The molecule has 4 aliphatic carbocycles. The SMILES string of the molecule is CC1(C)[C@H](O)CC[C@]2(C)[C@@H]1CC[C@@]13CC(CC[C@H]12)[C@](O)(CO)C3. The summed E-state index contributed by atoms with van der Waals surface area (Å²) < 4.78 is 0. The van der Waals surface area contributed by atoms with Crippen LogP contribution in [0.1, 0.15) is 72.1 Å². The zero-order chi connectivity index (χ0) is 16.7. The molecule has 3 N–H and O–H groups in total. The maximum atomic E-state index is 10.9. The summed E-state index contributed by atoms with van der Waals surface area (Å²) in [5.74, 6) is 1.53. The third-order valence-corrected chi connectivity index (χ3v) is 9.12. The third-order valence-electron chi connectivity index (χ3n) is 9.12. The van der Waals surface area contributed by atoms with Crippen LogP contribution < -0.4 is 0 Å². The van der Waals surface area contributed by atoms with Crippen LogP contribution in [-0.2, 0) is 0 Å². The normalized spacial score (nSPS) is 57.7. The third kappa shape index (κ3) is 1.93. The lowest BCUT2D eigenvalue weighted by molar-refractivity contribution is -0.180. The summed E-state index contributed by atoms with van der Waals surface area (Å²) in [5.41, 5.74) is -0.310. The van der Waals surface area contributed by atoms with Gasteiger partial charge in [0.1, 0.15) is 0 Å². The fourth-order valence-corrected chi connectivity index (χ4v) is 8.02. The van der Waals surface area contributed by atoms with Gasteiger partial charge in [0.25, 0.3) is 0 Å². The van der Waals surface area contributed by atoms with Gasteiger partial charge < -0.3 is 15.3 Å². The Hall–Kier alpha value is -0.120. The highest BCUT2D eigenvalue weighted by Gasteiger charge is 2.67. The van der Waals surface area contributed by atoms with E-state index in [1.807, 2.05) is 0 Å². The Labute approximate surface area is 140 Å². The number of fused-ring (bicyclic) bond motifs is 3. The zero-order valence-electron chi connectivity index (χ0n) is 15.0. The molecule has 0 aromatic rings. The van der Waals surface area contributed by atoms with Gasteiger partial charge in [0.2, 0.25) is 0 Å². The Bertz CT molecular complexity index is 503. The maximum absolute atomic E-state index is 10.9. The highest BCUT2D eigenvalue weighted by atomic mass is 16.3. The number of hydrogen-bond acceptors (Lipinski definition) is 3. The summed E-state index contributed by atoms with van der Waals surface area (Å²) in [6.45, 7) is 6.94. The minimum absolute atomic E-state index is 0.00263. The molecule has 2 bridgehead atoms. The maximum Gasteiger partial charge on any atom is 0.0910 e. The second-order valence-electron chi connectivity index (χ2n) is 10.3.